The average molecular weight is 388 g/mol. The van der Waals surface area contributed by atoms with E-state index in [4.69, 9.17) is 9.47 Å². The SMILES string of the molecule is CCOCSC(Cc1cccc(OC)c1)=[N+]1CCCCC1.[Br-]. The molecule has 0 bridgehead atoms. The molecule has 0 unspecified atom stereocenters. The van der Waals surface area contributed by atoms with Crippen molar-refractivity contribution < 1.29 is 31.0 Å². The third kappa shape index (κ3) is 6.31. The maximum Gasteiger partial charge on any atom is 0.217 e. The molecule has 1 aromatic rings. The van der Waals surface area contributed by atoms with Crippen molar-refractivity contribution in [2.45, 2.75) is 32.6 Å². The normalized spacial score (nSPS) is 14.4. The molecule has 22 heavy (non-hydrogen) atoms. The first-order valence-corrected chi connectivity index (χ1v) is 8.76. The molecule has 1 aliphatic rings. The highest BCUT2D eigenvalue weighted by molar-refractivity contribution is 8.13. The fourth-order valence-electron chi connectivity index (χ4n) is 2.55. The van der Waals surface area contributed by atoms with Crippen LogP contribution in [0.25, 0.3) is 0 Å². The molecular formula is C17H26BrNO2S. The van der Waals surface area contributed by atoms with Gasteiger partial charge in [0.05, 0.1) is 13.5 Å². The van der Waals surface area contributed by atoms with Crippen LogP contribution in [-0.4, -0.2) is 42.4 Å². The Morgan fingerprint density at radius 2 is 2.00 bits per heavy atom. The summed E-state index contributed by atoms with van der Waals surface area (Å²) in [7, 11) is 1.72. The minimum Gasteiger partial charge on any atom is -1.00 e. The first-order valence-electron chi connectivity index (χ1n) is 7.77. The second kappa shape index (κ2) is 11.1. The van der Waals surface area contributed by atoms with Crippen molar-refractivity contribution in [3.8, 4) is 5.75 Å². The lowest BCUT2D eigenvalue weighted by molar-refractivity contribution is -0.535. The molecule has 0 radical (unpaired) electrons. The monoisotopic (exact) mass is 387 g/mol. The largest absolute Gasteiger partial charge is 1.00 e. The molecule has 5 heteroatoms. The van der Waals surface area contributed by atoms with Gasteiger partial charge in [-0.3, -0.25) is 0 Å². The molecule has 0 saturated carbocycles. The molecule has 1 aromatic carbocycles. The Hall–Kier alpha value is -0.520. The fourth-order valence-corrected chi connectivity index (χ4v) is 3.57. The van der Waals surface area contributed by atoms with Crippen LogP contribution in [0, 0.1) is 0 Å². The van der Waals surface area contributed by atoms with Crippen LogP contribution in [0.2, 0.25) is 0 Å². The average Bonchev–Trinajstić information content (AvgIpc) is 2.55. The van der Waals surface area contributed by atoms with Crippen LogP contribution in [-0.2, 0) is 11.2 Å². The zero-order valence-electron chi connectivity index (χ0n) is 13.5. The molecular weight excluding hydrogens is 362 g/mol. The van der Waals surface area contributed by atoms with Crippen molar-refractivity contribution in [2.75, 3.05) is 32.7 Å². The summed E-state index contributed by atoms with van der Waals surface area (Å²) in [5.41, 5.74) is 1.30. The van der Waals surface area contributed by atoms with Gasteiger partial charge in [0.15, 0.2) is 0 Å². The first kappa shape index (κ1) is 19.5. The molecule has 124 valence electrons. The predicted octanol–water partition coefficient (Wildman–Crippen LogP) is 0.564. The van der Waals surface area contributed by atoms with Gasteiger partial charge >= 0.3 is 0 Å². The van der Waals surface area contributed by atoms with Gasteiger partial charge in [0, 0.05) is 19.4 Å². The van der Waals surface area contributed by atoms with E-state index in [-0.39, 0.29) is 17.0 Å². The van der Waals surface area contributed by atoms with E-state index in [1.165, 1.54) is 43.0 Å². The number of thioether (sulfide) groups is 1. The third-order valence-corrected chi connectivity index (χ3v) is 4.73. The maximum absolute atomic E-state index is 5.53. The number of nitrogens with zero attached hydrogens (tertiary/aromatic N) is 1. The highest BCUT2D eigenvalue weighted by atomic mass is 79.9. The van der Waals surface area contributed by atoms with E-state index in [2.05, 4.69) is 22.8 Å². The number of benzene rings is 1. The summed E-state index contributed by atoms with van der Waals surface area (Å²) in [6, 6.07) is 8.37. The molecule has 0 N–H and O–H groups in total. The molecule has 3 nitrogen and oxygen atoms in total. The maximum atomic E-state index is 5.53. The molecule has 0 spiro atoms. The van der Waals surface area contributed by atoms with Crippen molar-refractivity contribution in [3.63, 3.8) is 0 Å². The number of methoxy groups -OCH3 is 1. The molecule has 0 aliphatic carbocycles. The second-order valence-electron chi connectivity index (χ2n) is 5.22. The lowest BCUT2D eigenvalue weighted by Gasteiger charge is -2.14. The van der Waals surface area contributed by atoms with Crippen LogP contribution in [0.4, 0.5) is 0 Å². The van der Waals surface area contributed by atoms with Crippen molar-refractivity contribution in [2.24, 2.45) is 0 Å². The van der Waals surface area contributed by atoms with E-state index in [1.807, 2.05) is 24.8 Å². The van der Waals surface area contributed by atoms with Gasteiger partial charge in [-0.05, 0) is 42.8 Å². The summed E-state index contributed by atoms with van der Waals surface area (Å²) in [6.07, 6.45) is 4.93. The van der Waals surface area contributed by atoms with Gasteiger partial charge in [-0.15, -0.1) is 0 Å². The number of rotatable bonds is 6. The Bertz CT molecular complexity index is 471. The highest BCUT2D eigenvalue weighted by Crippen LogP contribution is 2.18. The van der Waals surface area contributed by atoms with Gasteiger partial charge in [-0.2, -0.15) is 0 Å². The fraction of sp³-hybridized carbons (Fsp3) is 0.588. The summed E-state index contributed by atoms with van der Waals surface area (Å²) in [5, 5.41) is 1.43. The lowest BCUT2D eigenvalue weighted by Crippen LogP contribution is -3.00. The number of hydrogen-bond donors (Lipinski definition) is 0. The first-order chi connectivity index (χ1) is 10.3. The molecule has 0 aromatic heterocycles. The predicted molar refractivity (Wildman–Crippen MR) is 89.6 cm³/mol. The summed E-state index contributed by atoms with van der Waals surface area (Å²) in [6.45, 7) is 5.18. The minimum atomic E-state index is 0. The van der Waals surface area contributed by atoms with E-state index in [9.17, 15) is 0 Å². The van der Waals surface area contributed by atoms with Crippen LogP contribution in [0.1, 0.15) is 31.7 Å². The van der Waals surface area contributed by atoms with E-state index in [1.54, 1.807) is 7.11 Å². The van der Waals surface area contributed by atoms with Crippen molar-refractivity contribution >= 4 is 16.8 Å². The van der Waals surface area contributed by atoms with Gasteiger partial charge in [0.25, 0.3) is 0 Å². The van der Waals surface area contributed by atoms with Gasteiger partial charge in [0.1, 0.15) is 24.8 Å². The van der Waals surface area contributed by atoms with Crippen LogP contribution in [0.15, 0.2) is 24.3 Å². The smallest absolute Gasteiger partial charge is 0.217 e. The Morgan fingerprint density at radius 3 is 2.68 bits per heavy atom. The van der Waals surface area contributed by atoms with Crippen LogP contribution in [0.5, 0.6) is 5.75 Å². The quantitative estimate of drug-likeness (QED) is 0.308. The second-order valence-corrected chi connectivity index (χ2v) is 6.22. The van der Waals surface area contributed by atoms with Crippen molar-refractivity contribution in [3.05, 3.63) is 29.8 Å². The molecule has 1 fully saturated rings. The topological polar surface area (TPSA) is 21.5 Å². The van der Waals surface area contributed by atoms with Gasteiger partial charge in [-0.25, -0.2) is 4.58 Å². The summed E-state index contributed by atoms with van der Waals surface area (Å²) < 4.78 is 13.4. The van der Waals surface area contributed by atoms with E-state index >= 15 is 0 Å². The van der Waals surface area contributed by atoms with Gasteiger partial charge in [0.2, 0.25) is 5.04 Å². The van der Waals surface area contributed by atoms with Crippen LogP contribution in [0.3, 0.4) is 0 Å². The Morgan fingerprint density at radius 1 is 1.23 bits per heavy atom. The minimum absolute atomic E-state index is 0. The Balaban J connectivity index is 0.00000242. The molecule has 0 amide bonds. The van der Waals surface area contributed by atoms with Crippen molar-refractivity contribution in [1.82, 2.24) is 0 Å². The molecule has 0 atom stereocenters. The number of halogens is 1. The summed E-state index contributed by atoms with van der Waals surface area (Å²) in [4.78, 5) is 0. The zero-order chi connectivity index (χ0) is 14.9. The third-order valence-electron chi connectivity index (χ3n) is 3.71. The standard InChI is InChI=1S/C17H26NO2S.BrH/c1-3-20-14-21-17(18-10-5-4-6-11-18)13-15-8-7-9-16(12-15)19-2;/h7-9,12H,3-6,10-11,13-14H2,1-2H3;1H/q+1;/p-1. The number of hydrogen-bond acceptors (Lipinski definition) is 3. The van der Waals surface area contributed by atoms with Crippen LogP contribution >= 0.6 is 11.8 Å². The Kier molecular flexibility index (Phi) is 9.84. The number of ether oxygens (including phenoxy) is 2. The molecule has 2 rings (SSSR count). The molecule has 1 aliphatic heterocycles. The summed E-state index contributed by atoms with van der Waals surface area (Å²) >= 11 is 1.84. The number of piperidine rings is 1. The van der Waals surface area contributed by atoms with E-state index in [0.29, 0.717) is 0 Å². The van der Waals surface area contributed by atoms with Gasteiger partial charge in [-0.1, -0.05) is 12.1 Å². The molecule has 1 heterocycles. The Labute approximate surface area is 148 Å². The zero-order valence-corrected chi connectivity index (χ0v) is 15.9. The summed E-state index contributed by atoms with van der Waals surface area (Å²) in [5.74, 6) is 1.67. The molecule has 1 saturated heterocycles. The van der Waals surface area contributed by atoms with E-state index < -0.39 is 0 Å². The highest BCUT2D eigenvalue weighted by Gasteiger charge is 2.19. The lowest BCUT2D eigenvalue weighted by atomic mass is 10.1. The van der Waals surface area contributed by atoms with Crippen LogP contribution < -0.4 is 21.7 Å². The van der Waals surface area contributed by atoms with Gasteiger partial charge < -0.3 is 26.5 Å². The van der Waals surface area contributed by atoms with Crippen molar-refractivity contribution in [1.29, 1.82) is 0 Å². The van der Waals surface area contributed by atoms with E-state index in [0.717, 1.165) is 24.7 Å².